The topological polar surface area (TPSA) is 81.4 Å². The summed E-state index contributed by atoms with van der Waals surface area (Å²) in [6.07, 6.45) is 1.55. The van der Waals surface area contributed by atoms with Crippen molar-refractivity contribution in [3.8, 4) is 11.3 Å². The van der Waals surface area contributed by atoms with Crippen molar-refractivity contribution in [2.45, 2.75) is 6.61 Å². The number of esters is 1. The number of oxazole rings is 1. The van der Waals surface area contributed by atoms with Crippen LogP contribution in [0, 0.1) is 0 Å². The molecule has 3 aromatic rings. The lowest BCUT2D eigenvalue weighted by Gasteiger charge is -2.05. The van der Waals surface area contributed by atoms with Gasteiger partial charge in [0.2, 0.25) is 5.89 Å². The molecule has 0 radical (unpaired) electrons. The maximum atomic E-state index is 11.8. The highest BCUT2D eigenvalue weighted by molar-refractivity contribution is 6.30. The van der Waals surface area contributed by atoms with Gasteiger partial charge in [0, 0.05) is 16.1 Å². The summed E-state index contributed by atoms with van der Waals surface area (Å²) in [7, 11) is 0. The average molecular weight is 371 g/mol. The quantitative estimate of drug-likeness (QED) is 0.672. The molecule has 0 unspecified atom stereocenters. The number of aromatic nitrogens is 1. The van der Waals surface area contributed by atoms with E-state index in [0.717, 1.165) is 5.56 Å². The second-order valence-corrected chi connectivity index (χ2v) is 5.77. The maximum Gasteiger partial charge on any atom is 0.325 e. The van der Waals surface area contributed by atoms with Crippen molar-refractivity contribution in [2.24, 2.45) is 0 Å². The number of nitrogens with zero attached hydrogens (tertiary/aromatic N) is 1. The van der Waals surface area contributed by atoms with Crippen LogP contribution < -0.4 is 5.32 Å². The van der Waals surface area contributed by atoms with Gasteiger partial charge in [-0.3, -0.25) is 9.59 Å². The SMILES string of the molecule is O=C(CNC(=O)c1ccccc1)OCc1ncc(-c2ccc(Cl)cc2)o1. The molecule has 1 N–H and O–H groups in total. The fourth-order valence-electron chi connectivity index (χ4n) is 2.16. The molecule has 6 nitrogen and oxygen atoms in total. The van der Waals surface area contributed by atoms with E-state index < -0.39 is 5.97 Å². The van der Waals surface area contributed by atoms with Gasteiger partial charge in [-0.25, -0.2) is 4.98 Å². The minimum atomic E-state index is -0.583. The second kappa shape index (κ2) is 8.31. The summed E-state index contributed by atoms with van der Waals surface area (Å²) in [4.78, 5) is 27.7. The van der Waals surface area contributed by atoms with Gasteiger partial charge < -0.3 is 14.5 Å². The van der Waals surface area contributed by atoms with Crippen molar-refractivity contribution in [1.29, 1.82) is 0 Å². The molecule has 132 valence electrons. The standard InChI is InChI=1S/C19H15ClN2O4/c20-15-8-6-13(7-9-15)16-10-21-17(26-16)12-25-18(23)11-22-19(24)14-4-2-1-3-5-14/h1-10H,11-12H2,(H,22,24). The van der Waals surface area contributed by atoms with Crippen molar-refractivity contribution in [1.82, 2.24) is 10.3 Å². The molecule has 0 fully saturated rings. The van der Waals surface area contributed by atoms with Gasteiger partial charge in [-0.15, -0.1) is 0 Å². The lowest BCUT2D eigenvalue weighted by atomic mass is 10.2. The van der Waals surface area contributed by atoms with Crippen LogP contribution in [0.25, 0.3) is 11.3 Å². The number of carbonyl (C=O) groups is 2. The Kier molecular flexibility index (Phi) is 5.66. The molecule has 0 bridgehead atoms. The molecule has 1 heterocycles. The molecule has 26 heavy (non-hydrogen) atoms. The number of rotatable bonds is 6. The Labute approximate surface area is 154 Å². The monoisotopic (exact) mass is 370 g/mol. The van der Waals surface area contributed by atoms with Crippen molar-refractivity contribution in [3.63, 3.8) is 0 Å². The van der Waals surface area contributed by atoms with E-state index in [1.807, 2.05) is 0 Å². The number of amides is 1. The molecule has 0 saturated carbocycles. The highest BCUT2D eigenvalue weighted by Gasteiger charge is 2.11. The fourth-order valence-corrected chi connectivity index (χ4v) is 2.29. The largest absolute Gasteiger partial charge is 0.454 e. The first kappa shape index (κ1) is 17.7. The molecule has 0 aliphatic heterocycles. The van der Waals surface area contributed by atoms with E-state index in [1.54, 1.807) is 60.8 Å². The summed E-state index contributed by atoms with van der Waals surface area (Å²) >= 11 is 5.85. The van der Waals surface area contributed by atoms with E-state index >= 15 is 0 Å². The van der Waals surface area contributed by atoms with Crippen LogP contribution in [-0.2, 0) is 16.1 Å². The molecule has 2 aromatic carbocycles. The number of hydrogen-bond acceptors (Lipinski definition) is 5. The molecule has 0 atom stereocenters. The van der Waals surface area contributed by atoms with Crippen molar-refractivity contribution in [2.75, 3.05) is 6.54 Å². The molecular formula is C19H15ClN2O4. The molecule has 0 saturated heterocycles. The van der Waals surface area contributed by atoms with E-state index in [-0.39, 0.29) is 24.9 Å². The van der Waals surface area contributed by atoms with Crippen molar-refractivity contribution >= 4 is 23.5 Å². The Morgan fingerprint density at radius 2 is 1.81 bits per heavy atom. The van der Waals surface area contributed by atoms with Crippen LogP contribution in [0.15, 0.2) is 65.2 Å². The first-order valence-electron chi connectivity index (χ1n) is 7.81. The third-order valence-corrected chi connectivity index (χ3v) is 3.72. The summed E-state index contributed by atoms with van der Waals surface area (Å²) in [5.41, 5.74) is 1.29. The molecule has 7 heteroatoms. The average Bonchev–Trinajstić information content (AvgIpc) is 3.14. The van der Waals surface area contributed by atoms with Gasteiger partial charge in [0.1, 0.15) is 6.54 Å². The minimum absolute atomic E-state index is 0.117. The number of halogens is 1. The third kappa shape index (κ3) is 4.70. The number of nitrogens with one attached hydrogen (secondary N) is 1. The van der Waals surface area contributed by atoms with E-state index in [1.165, 1.54) is 0 Å². The number of carbonyl (C=O) groups excluding carboxylic acids is 2. The fraction of sp³-hybridized carbons (Fsp3) is 0.105. The van der Waals surface area contributed by atoms with Crippen LogP contribution in [0.1, 0.15) is 16.2 Å². The van der Waals surface area contributed by atoms with Crippen LogP contribution in [0.3, 0.4) is 0 Å². The Morgan fingerprint density at radius 3 is 2.54 bits per heavy atom. The number of ether oxygens (including phenoxy) is 1. The van der Waals surface area contributed by atoms with E-state index in [2.05, 4.69) is 10.3 Å². The molecule has 1 amide bonds. The molecule has 3 rings (SSSR count). The van der Waals surface area contributed by atoms with Gasteiger partial charge >= 0.3 is 5.97 Å². The molecule has 0 aliphatic rings. The third-order valence-electron chi connectivity index (χ3n) is 3.47. The predicted octanol–water partition coefficient (Wildman–Crippen LogP) is 3.47. The van der Waals surface area contributed by atoms with Gasteiger partial charge in [0.25, 0.3) is 5.91 Å². The highest BCUT2D eigenvalue weighted by atomic mass is 35.5. The van der Waals surface area contributed by atoms with Gasteiger partial charge in [-0.05, 0) is 36.4 Å². The molecule has 0 spiro atoms. The van der Waals surface area contributed by atoms with Gasteiger partial charge in [0.05, 0.1) is 6.20 Å². The van der Waals surface area contributed by atoms with Gasteiger partial charge in [-0.1, -0.05) is 29.8 Å². The zero-order valence-electron chi connectivity index (χ0n) is 13.6. The summed E-state index contributed by atoms with van der Waals surface area (Å²) in [6, 6.07) is 15.7. The van der Waals surface area contributed by atoms with Crippen LogP contribution >= 0.6 is 11.6 Å². The van der Waals surface area contributed by atoms with Crippen LogP contribution in [0.4, 0.5) is 0 Å². The highest BCUT2D eigenvalue weighted by Crippen LogP contribution is 2.22. The predicted molar refractivity (Wildman–Crippen MR) is 95.5 cm³/mol. The first-order chi connectivity index (χ1) is 12.6. The summed E-state index contributed by atoms with van der Waals surface area (Å²) in [6.45, 7) is -0.355. The normalized spacial score (nSPS) is 10.3. The number of benzene rings is 2. The molecule has 0 aliphatic carbocycles. The van der Waals surface area contributed by atoms with Crippen molar-refractivity contribution < 1.29 is 18.7 Å². The zero-order chi connectivity index (χ0) is 18.4. The summed E-state index contributed by atoms with van der Waals surface area (Å²) in [5, 5.41) is 3.12. The van der Waals surface area contributed by atoms with E-state index in [4.69, 9.17) is 20.8 Å². The van der Waals surface area contributed by atoms with Crippen LogP contribution in [0.5, 0.6) is 0 Å². The Balaban J connectivity index is 1.47. The van der Waals surface area contributed by atoms with Gasteiger partial charge in [-0.2, -0.15) is 0 Å². The minimum Gasteiger partial charge on any atom is -0.454 e. The Hall–Kier alpha value is -3.12. The van der Waals surface area contributed by atoms with E-state index in [0.29, 0.717) is 16.3 Å². The lowest BCUT2D eigenvalue weighted by molar-refractivity contribution is -0.144. The first-order valence-corrected chi connectivity index (χ1v) is 8.19. The van der Waals surface area contributed by atoms with Crippen molar-refractivity contribution in [3.05, 3.63) is 77.3 Å². The smallest absolute Gasteiger partial charge is 0.325 e. The Morgan fingerprint density at radius 1 is 1.08 bits per heavy atom. The Bertz CT molecular complexity index is 891. The van der Waals surface area contributed by atoms with E-state index in [9.17, 15) is 9.59 Å². The summed E-state index contributed by atoms with van der Waals surface area (Å²) in [5.74, 6) is -0.119. The maximum absolute atomic E-state index is 11.8. The number of hydrogen-bond donors (Lipinski definition) is 1. The van der Waals surface area contributed by atoms with Gasteiger partial charge in [0.15, 0.2) is 12.4 Å². The molecule has 1 aromatic heterocycles. The summed E-state index contributed by atoms with van der Waals surface area (Å²) < 4.78 is 10.6. The second-order valence-electron chi connectivity index (χ2n) is 5.33. The van der Waals surface area contributed by atoms with Crippen LogP contribution in [0.2, 0.25) is 5.02 Å². The van der Waals surface area contributed by atoms with Crippen LogP contribution in [-0.4, -0.2) is 23.4 Å². The zero-order valence-corrected chi connectivity index (χ0v) is 14.4. The lowest BCUT2D eigenvalue weighted by Crippen LogP contribution is -2.30. The molecular weight excluding hydrogens is 356 g/mol.